The minimum Gasteiger partial charge on any atom is -0.378 e. The fraction of sp³-hybridized carbons (Fsp3) is 0.500. The topological polar surface area (TPSA) is 26.8 Å². The Morgan fingerprint density at radius 2 is 1.67 bits per heavy atom. The number of piperidine rings is 1. The molecule has 0 aromatic heterocycles. The summed E-state index contributed by atoms with van der Waals surface area (Å²) in [6, 6.07) is 18.3. The first-order valence-electron chi connectivity index (χ1n) is 11.3. The number of carbonyl (C=O) groups is 1. The number of aryl methyl sites for hydroxylation is 1. The third-order valence-electron chi connectivity index (χ3n) is 7.00. The lowest BCUT2D eigenvalue weighted by Gasteiger charge is -2.40. The molecule has 2 aromatic carbocycles. The quantitative estimate of drug-likeness (QED) is 0.732. The Hall–Kier alpha value is -2.33. The number of rotatable bonds is 6. The minimum absolute atomic E-state index is 0.272. The molecule has 1 heterocycles. The largest absolute Gasteiger partial charge is 0.378 e. The van der Waals surface area contributed by atoms with Gasteiger partial charge in [0.05, 0.1) is 0 Å². The Bertz CT molecular complexity index is 836. The van der Waals surface area contributed by atoms with Crippen LogP contribution in [0.3, 0.4) is 0 Å². The monoisotopic (exact) mass is 405 g/mol. The lowest BCUT2D eigenvalue weighted by atomic mass is 10.0. The lowest BCUT2D eigenvalue weighted by molar-refractivity contribution is -0.133. The van der Waals surface area contributed by atoms with Gasteiger partial charge in [-0.2, -0.15) is 0 Å². The van der Waals surface area contributed by atoms with E-state index in [4.69, 9.17) is 0 Å². The van der Waals surface area contributed by atoms with E-state index in [-0.39, 0.29) is 5.91 Å². The second-order valence-electron chi connectivity index (χ2n) is 9.19. The maximum Gasteiger partial charge on any atom is 0.222 e. The van der Waals surface area contributed by atoms with Crippen LogP contribution in [-0.4, -0.2) is 62.0 Å². The average molecular weight is 406 g/mol. The first-order chi connectivity index (χ1) is 14.5. The maximum absolute atomic E-state index is 12.9. The van der Waals surface area contributed by atoms with Crippen molar-refractivity contribution in [3.63, 3.8) is 0 Å². The van der Waals surface area contributed by atoms with Crippen molar-refractivity contribution in [2.45, 2.75) is 50.6 Å². The van der Waals surface area contributed by atoms with Gasteiger partial charge in [0.15, 0.2) is 0 Å². The highest BCUT2D eigenvalue weighted by Gasteiger charge is 2.32. The van der Waals surface area contributed by atoms with Crippen LogP contribution in [0.5, 0.6) is 0 Å². The summed E-state index contributed by atoms with van der Waals surface area (Å²) in [5, 5.41) is 0. The first kappa shape index (κ1) is 20.9. The molecule has 0 radical (unpaired) electrons. The molecule has 1 saturated heterocycles. The van der Waals surface area contributed by atoms with Gasteiger partial charge in [0.1, 0.15) is 0 Å². The fourth-order valence-electron chi connectivity index (χ4n) is 5.02. The van der Waals surface area contributed by atoms with Crippen LogP contribution >= 0.6 is 0 Å². The maximum atomic E-state index is 12.9. The van der Waals surface area contributed by atoms with Crippen molar-refractivity contribution >= 4 is 11.6 Å². The summed E-state index contributed by atoms with van der Waals surface area (Å²) in [6.07, 6.45) is 6.01. The predicted molar refractivity (Wildman–Crippen MR) is 124 cm³/mol. The van der Waals surface area contributed by atoms with E-state index in [9.17, 15) is 4.79 Å². The van der Waals surface area contributed by atoms with Crippen LogP contribution in [0.15, 0.2) is 48.5 Å². The Kier molecular flexibility index (Phi) is 6.43. The smallest absolute Gasteiger partial charge is 0.222 e. The van der Waals surface area contributed by atoms with Crippen LogP contribution < -0.4 is 4.90 Å². The Balaban J connectivity index is 1.29. The zero-order valence-corrected chi connectivity index (χ0v) is 18.7. The molecule has 2 aromatic rings. The van der Waals surface area contributed by atoms with Gasteiger partial charge in [0.2, 0.25) is 5.91 Å². The van der Waals surface area contributed by atoms with Gasteiger partial charge in [0, 0.05) is 51.9 Å². The molecule has 1 aliphatic heterocycles. The number of hydrogen-bond donors (Lipinski definition) is 0. The zero-order chi connectivity index (χ0) is 21.1. The van der Waals surface area contributed by atoms with Gasteiger partial charge in [-0.05, 0) is 67.5 Å². The standard InChI is InChI=1S/C26H35N3O/c1-27(2)23-13-10-20(11-14-23)12-15-26(30)28(3)24-9-6-16-29(19-24)25-17-21-7-4-5-8-22(21)18-25/h4-5,7-8,10-11,13-14,24-25H,6,9,12,15-19H2,1-3H3/t24-/m1/s1. The van der Waals surface area contributed by atoms with Crippen molar-refractivity contribution in [3.8, 4) is 0 Å². The summed E-state index contributed by atoms with van der Waals surface area (Å²) < 4.78 is 0. The third-order valence-corrected chi connectivity index (χ3v) is 7.00. The van der Waals surface area contributed by atoms with E-state index in [1.165, 1.54) is 28.8 Å². The molecule has 1 atom stereocenters. The Labute approximate surface area is 181 Å². The molecule has 160 valence electrons. The molecule has 4 nitrogen and oxygen atoms in total. The van der Waals surface area contributed by atoms with Crippen LogP contribution in [0.4, 0.5) is 5.69 Å². The molecule has 1 amide bonds. The lowest BCUT2D eigenvalue weighted by Crippen LogP contribution is -2.51. The number of anilines is 1. The summed E-state index contributed by atoms with van der Waals surface area (Å²) in [7, 11) is 6.10. The molecule has 4 heteroatoms. The summed E-state index contributed by atoms with van der Waals surface area (Å²) in [4.78, 5) is 19.7. The Morgan fingerprint density at radius 1 is 1.00 bits per heavy atom. The van der Waals surface area contributed by atoms with Crippen molar-refractivity contribution < 1.29 is 4.79 Å². The molecule has 30 heavy (non-hydrogen) atoms. The van der Waals surface area contributed by atoms with Gasteiger partial charge in [0.25, 0.3) is 0 Å². The highest BCUT2D eigenvalue weighted by molar-refractivity contribution is 5.76. The van der Waals surface area contributed by atoms with Gasteiger partial charge in [-0.1, -0.05) is 36.4 Å². The second-order valence-corrected chi connectivity index (χ2v) is 9.19. The zero-order valence-electron chi connectivity index (χ0n) is 18.7. The van der Waals surface area contributed by atoms with E-state index in [1.54, 1.807) is 0 Å². The van der Waals surface area contributed by atoms with Crippen LogP contribution in [0.1, 0.15) is 36.0 Å². The van der Waals surface area contributed by atoms with Gasteiger partial charge < -0.3 is 9.80 Å². The average Bonchev–Trinajstić information content (AvgIpc) is 3.22. The number of fused-ring (bicyclic) bond motifs is 1. The highest BCUT2D eigenvalue weighted by Crippen LogP contribution is 2.28. The van der Waals surface area contributed by atoms with Crippen LogP contribution in [0.2, 0.25) is 0 Å². The summed E-state index contributed by atoms with van der Waals surface area (Å²) in [5.41, 5.74) is 5.44. The minimum atomic E-state index is 0.272. The summed E-state index contributed by atoms with van der Waals surface area (Å²) in [6.45, 7) is 2.17. The van der Waals surface area contributed by atoms with Crippen LogP contribution in [-0.2, 0) is 24.1 Å². The van der Waals surface area contributed by atoms with Crippen LogP contribution in [0, 0.1) is 0 Å². The highest BCUT2D eigenvalue weighted by atomic mass is 16.2. The number of amides is 1. The molecule has 0 unspecified atom stereocenters. The molecular formula is C26H35N3O. The van der Waals surface area contributed by atoms with E-state index >= 15 is 0 Å². The molecule has 1 fully saturated rings. The summed E-state index contributed by atoms with van der Waals surface area (Å²) in [5.74, 6) is 0.272. The van der Waals surface area contributed by atoms with Crippen molar-refractivity contribution in [3.05, 3.63) is 65.2 Å². The number of carbonyl (C=O) groups excluding carboxylic acids is 1. The molecule has 1 aliphatic carbocycles. The number of likely N-dealkylation sites (tertiary alicyclic amines) is 1. The Morgan fingerprint density at radius 3 is 2.30 bits per heavy atom. The number of nitrogens with zero attached hydrogens (tertiary/aromatic N) is 3. The van der Waals surface area contributed by atoms with Gasteiger partial charge in [-0.15, -0.1) is 0 Å². The van der Waals surface area contributed by atoms with E-state index in [2.05, 4.69) is 58.3 Å². The molecule has 4 rings (SSSR count). The third kappa shape index (κ3) is 4.70. The van der Waals surface area contributed by atoms with Crippen molar-refractivity contribution in [1.82, 2.24) is 9.80 Å². The molecule has 0 spiro atoms. The van der Waals surface area contributed by atoms with Crippen LogP contribution in [0.25, 0.3) is 0 Å². The second kappa shape index (κ2) is 9.22. The summed E-state index contributed by atoms with van der Waals surface area (Å²) >= 11 is 0. The first-order valence-corrected chi connectivity index (χ1v) is 11.3. The molecule has 2 aliphatic rings. The van der Waals surface area contributed by atoms with Gasteiger partial charge in [-0.25, -0.2) is 0 Å². The van der Waals surface area contributed by atoms with Crippen molar-refractivity contribution in [1.29, 1.82) is 0 Å². The van der Waals surface area contributed by atoms with E-state index < -0.39 is 0 Å². The number of hydrogen-bond acceptors (Lipinski definition) is 3. The van der Waals surface area contributed by atoms with E-state index in [1.807, 2.05) is 26.0 Å². The predicted octanol–water partition coefficient (Wildman–Crippen LogP) is 3.78. The van der Waals surface area contributed by atoms with Crippen molar-refractivity contribution in [2.75, 3.05) is 39.1 Å². The van der Waals surface area contributed by atoms with Gasteiger partial charge in [-0.3, -0.25) is 9.69 Å². The van der Waals surface area contributed by atoms with E-state index in [0.29, 0.717) is 18.5 Å². The fourth-order valence-corrected chi connectivity index (χ4v) is 5.02. The normalized spacial score (nSPS) is 19.5. The molecule has 0 N–H and O–H groups in total. The number of likely N-dealkylation sites (N-methyl/N-ethyl adjacent to an activating group) is 1. The molecule has 0 saturated carbocycles. The van der Waals surface area contributed by atoms with Crippen molar-refractivity contribution in [2.24, 2.45) is 0 Å². The molecular weight excluding hydrogens is 370 g/mol. The van der Waals surface area contributed by atoms with Gasteiger partial charge >= 0.3 is 0 Å². The molecule has 0 bridgehead atoms. The SMILES string of the molecule is CN(C)c1ccc(CCC(=O)N(C)[C@@H]2CCCN(C3Cc4ccccc4C3)C2)cc1. The van der Waals surface area contributed by atoms with E-state index in [0.717, 1.165) is 38.8 Å². The number of benzene rings is 2.